The quantitative estimate of drug-likeness (QED) is 0.602. The lowest BCUT2D eigenvalue weighted by molar-refractivity contribution is 0.824. The van der Waals surface area contributed by atoms with Crippen LogP contribution in [0.2, 0.25) is 0 Å². The zero-order valence-corrected chi connectivity index (χ0v) is 7.83. The van der Waals surface area contributed by atoms with Crippen LogP contribution in [0.4, 0.5) is 0 Å². The van der Waals surface area contributed by atoms with Crippen molar-refractivity contribution >= 4 is 16.8 Å². The standard InChI is InChI=1S/C13H10.H2O/c1-4-10-6-2-8-12-9-3-7-11(5-1)13(10)12;/h1-8H,9H2;1H2. The molecule has 0 spiro atoms. The van der Waals surface area contributed by atoms with Crippen LogP contribution in [0, 0.1) is 0 Å². The molecule has 2 aromatic rings. The Hall–Kier alpha value is -1.60. The number of rotatable bonds is 0. The Balaban J connectivity index is 0.000000750. The van der Waals surface area contributed by atoms with Gasteiger partial charge in [0.15, 0.2) is 0 Å². The molecule has 1 nitrogen and oxygen atoms in total. The fourth-order valence-electron chi connectivity index (χ4n) is 2.07. The van der Waals surface area contributed by atoms with Crippen molar-refractivity contribution in [1.82, 2.24) is 0 Å². The van der Waals surface area contributed by atoms with Gasteiger partial charge in [-0.2, -0.15) is 0 Å². The first-order chi connectivity index (χ1) is 6.45. The Labute approximate surface area is 83.0 Å². The molecule has 2 N–H and O–H groups in total. The first-order valence-corrected chi connectivity index (χ1v) is 4.62. The summed E-state index contributed by atoms with van der Waals surface area (Å²) in [5.74, 6) is 0. The van der Waals surface area contributed by atoms with E-state index >= 15 is 0 Å². The van der Waals surface area contributed by atoms with Crippen LogP contribution in [0.1, 0.15) is 11.1 Å². The molecular formula is C13H12O. The van der Waals surface area contributed by atoms with E-state index < -0.39 is 0 Å². The van der Waals surface area contributed by atoms with Gasteiger partial charge in [0.25, 0.3) is 0 Å². The topological polar surface area (TPSA) is 31.5 Å². The van der Waals surface area contributed by atoms with Crippen molar-refractivity contribution in [3.05, 3.63) is 53.6 Å². The molecule has 0 heterocycles. The molecule has 0 aromatic heterocycles. The highest BCUT2D eigenvalue weighted by Gasteiger charge is 2.06. The minimum atomic E-state index is 0. The molecule has 0 aliphatic heterocycles. The average molecular weight is 184 g/mol. The molecule has 0 fully saturated rings. The number of allylic oxidation sites excluding steroid dienone is 1. The summed E-state index contributed by atoms with van der Waals surface area (Å²) < 4.78 is 0. The van der Waals surface area contributed by atoms with E-state index in [1.54, 1.807) is 0 Å². The molecule has 14 heavy (non-hydrogen) atoms. The van der Waals surface area contributed by atoms with Gasteiger partial charge in [0.1, 0.15) is 0 Å². The highest BCUT2D eigenvalue weighted by atomic mass is 16.0. The van der Waals surface area contributed by atoms with Gasteiger partial charge in [-0.15, -0.1) is 0 Å². The fourth-order valence-corrected chi connectivity index (χ4v) is 2.07. The third kappa shape index (κ3) is 1.14. The number of benzene rings is 2. The molecule has 2 aromatic carbocycles. The zero-order chi connectivity index (χ0) is 8.67. The summed E-state index contributed by atoms with van der Waals surface area (Å²) in [7, 11) is 0. The monoisotopic (exact) mass is 184 g/mol. The van der Waals surface area contributed by atoms with Gasteiger partial charge in [-0.1, -0.05) is 48.6 Å². The summed E-state index contributed by atoms with van der Waals surface area (Å²) in [6.45, 7) is 0. The maximum Gasteiger partial charge on any atom is -0.00763 e. The second kappa shape index (κ2) is 3.28. The van der Waals surface area contributed by atoms with Crippen molar-refractivity contribution in [2.45, 2.75) is 6.42 Å². The van der Waals surface area contributed by atoms with E-state index in [-0.39, 0.29) is 5.48 Å². The molecule has 3 rings (SSSR count). The Morgan fingerprint density at radius 2 is 1.71 bits per heavy atom. The van der Waals surface area contributed by atoms with Gasteiger partial charge in [-0.3, -0.25) is 0 Å². The summed E-state index contributed by atoms with van der Waals surface area (Å²) in [6.07, 6.45) is 5.53. The van der Waals surface area contributed by atoms with Gasteiger partial charge in [0, 0.05) is 0 Å². The SMILES string of the molecule is C1=Cc2cccc3cccc(c23)C1.O. The first-order valence-electron chi connectivity index (χ1n) is 4.62. The smallest absolute Gasteiger partial charge is 0.00763 e. The van der Waals surface area contributed by atoms with Crippen LogP contribution in [0.3, 0.4) is 0 Å². The van der Waals surface area contributed by atoms with Crippen molar-refractivity contribution in [2.75, 3.05) is 0 Å². The predicted octanol–water partition coefficient (Wildman–Crippen LogP) is 2.58. The molecule has 0 unspecified atom stereocenters. The molecule has 0 saturated carbocycles. The van der Waals surface area contributed by atoms with Crippen LogP contribution in [0.15, 0.2) is 42.5 Å². The number of hydrogen-bond acceptors (Lipinski definition) is 0. The first kappa shape index (κ1) is 8.97. The predicted molar refractivity (Wildman–Crippen MR) is 60.3 cm³/mol. The van der Waals surface area contributed by atoms with E-state index in [0.717, 1.165) is 6.42 Å². The van der Waals surface area contributed by atoms with Gasteiger partial charge < -0.3 is 5.48 Å². The van der Waals surface area contributed by atoms with E-state index in [1.807, 2.05) is 0 Å². The molecule has 0 saturated heterocycles. The van der Waals surface area contributed by atoms with E-state index in [4.69, 9.17) is 0 Å². The lowest BCUT2D eigenvalue weighted by atomic mass is 9.93. The fraction of sp³-hybridized carbons (Fsp3) is 0.0769. The third-order valence-corrected chi connectivity index (χ3v) is 2.66. The maximum atomic E-state index is 2.23. The van der Waals surface area contributed by atoms with Crippen LogP contribution in [0.25, 0.3) is 16.8 Å². The summed E-state index contributed by atoms with van der Waals surface area (Å²) in [5.41, 5.74) is 2.81. The van der Waals surface area contributed by atoms with Crippen LogP contribution in [-0.4, -0.2) is 5.48 Å². The summed E-state index contributed by atoms with van der Waals surface area (Å²) >= 11 is 0. The molecule has 1 aliphatic carbocycles. The number of hydrogen-bond donors (Lipinski definition) is 0. The van der Waals surface area contributed by atoms with Crippen LogP contribution >= 0.6 is 0 Å². The maximum absolute atomic E-state index is 2.23. The molecule has 70 valence electrons. The highest BCUT2D eigenvalue weighted by Crippen LogP contribution is 2.27. The Morgan fingerprint density at radius 1 is 0.929 bits per heavy atom. The Bertz CT molecular complexity index is 492. The highest BCUT2D eigenvalue weighted by molar-refractivity contribution is 5.94. The normalized spacial score (nSPS) is 12.6. The molecule has 1 heteroatoms. The zero-order valence-electron chi connectivity index (χ0n) is 7.83. The summed E-state index contributed by atoms with van der Waals surface area (Å²) in [5, 5.41) is 2.80. The van der Waals surface area contributed by atoms with Gasteiger partial charge in [-0.25, -0.2) is 0 Å². The van der Waals surface area contributed by atoms with Crippen LogP contribution < -0.4 is 0 Å². The molecule has 0 atom stereocenters. The summed E-state index contributed by atoms with van der Waals surface area (Å²) in [6, 6.07) is 13.0. The van der Waals surface area contributed by atoms with Crippen molar-refractivity contribution in [2.24, 2.45) is 0 Å². The minimum absolute atomic E-state index is 0. The van der Waals surface area contributed by atoms with Gasteiger partial charge in [0.2, 0.25) is 0 Å². The second-order valence-electron chi connectivity index (χ2n) is 3.47. The summed E-state index contributed by atoms with van der Waals surface area (Å²) in [4.78, 5) is 0. The minimum Gasteiger partial charge on any atom is -0.412 e. The Morgan fingerprint density at radius 3 is 2.57 bits per heavy atom. The molecule has 0 amide bonds. The largest absolute Gasteiger partial charge is 0.412 e. The second-order valence-corrected chi connectivity index (χ2v) is 3.47. The molecule has 0 radical (unpaired) electrons. The lowest BCUT2D eigenvalue weighted by Gasteiger charge is -2.11. The van der Waals surface area contributed by atoms with Crippen LogP contribution in [0.5, 0.6) is 0 Å². The van der Waals surface area contributed by atoms with Crippen molar-refractivity contribution in [3.63, 3.8) is 0 Å². The van der Waals surface area contributed by atoms with Crippen molar-refractivity contribution < 1.29 is 5.48 Å². The molecular weight excluding hydrogens is 172 g/mol. The van der Waals surface area contributed by atoms with E-state index in [0.29, 0.717) is 0 Å². The lowest BCUT2D eigenvalue weighted by Crippen LogP contribution is -1.91. The molecule has 0 bridgehead atoms. The Kier molecular flexibility index (Phi) is 2.10. The van der Waals surface area contributed by atoms with Crippen molar-refractivity contribution in [1.29, 1.82) is 0 Å². The van der Waals surface area contributed by atoms with Crippen molar-refractivity contribution in [3.8, 4) is 0 Å². The van der Waals surface area contributed by atoms with E-state index in [1.165, 1.54) is 21.9 Å². The van der Waals surface area contributed by atoms with E-state index in [9.17, 15) is 0 Å². The van der Waals surface area contributed by atoms with Gasteiger partial charge >= 0.3 is 0 Å². The van der Waals surface area contributed by atoms with Crippen LogP contribution in [-0.2, 0) is 6.42 Å². The molecule has 1 aliphatic rings. The van der Waals surface area contributed by atoms with Gasteiger partial charge in [0.05, 0.1) is 0 Å². The average Bonchev–Trinajstić information content (AvgIpc) is 2.19. The third-order valence-electron chi connectivity index (χ3n) is 2.66. The van der Waals surface area contributed by atoms with E-state index in [2.05, 4.69) is 48.6 Å². The van der Waals surface area contributed by atoms with Gasteiger partial charge in [-0.05, 0) is 28.3 Å².